The Bertz CT molecular complexity index is 480. The lowest BCUT2D eigenvalue weighted by Crippen LogP contribution is -2.39. The SMILES string of the molecule is CCn1nc(C)c(Cl)c1CN(CC(N)=S)C1CCCC1. The number of hydrogen-bond donors (Lipinski definition) is 1. The third-order valence-electron chi connectivity index (χ3n) is 4.01. The molecule has 0 amide bonds. The monoisotopic (exact) mass is 314 g/mol. The first-order valence-corrected chi connectivity index (χ1v) is 8.05. The van der Waals surface area contributed by atoms with Crippen LogP contribution in [-0.2, 0) is 13.1 Å². The molecule has 1 heterocycles. The molecule has 0 unspecified atom stereocenters. The highest BCUT2D eigenvalue weighted by atomic mass is 35.5. The molecule has 20 heavy (non-hydrogen) atoms. The minimum Gasteiger partial charge on any atom is -0.392 e. The number of rotatable bonds is 6. The highest BCUT2D eigenvalue weighted by Crippen LogP contribution is 2.27. The largest absolute Gasteiger partial charge is 0.392 e. The zero-order valence-corrected chi connectivity index (χ0v) is 13.8. The van der Waals surface area contributed by atoms with Crippen LogP contribution in [-0.4, -0.2) is 32.3 Å². The summed E-state index contributed by atoms with van der Waals surface area (Å²) in [7, 11) is 0. The number of hydrogen-bond acceptors (Lipinski definition) is 3. The van der Waals surface area contributed by atoms with E-state index in [4.69, 9.17) is 29.6 Å². The van der Waals surface area contributed by atoms with E-state index in [2.05, 4.69) is 16.9 Å². The van der Waals surface area contributed by atoms with Gasteiger partial charge < -0.3 is 5.73 Å². The Balaban J connectivity index is 2.20. The van der Waals surface area contributed by atoms with Crippen molar-refractivity contribution in [3.8, 4) is 0 Å². The van der Waals surface area contributed by atoms with Crippen molar-refractivity contribution >= 4 is 28.8 Å². The van der Waals surface area contributed by atoms with E-state index in [1.807, 2.05) is 11.6 Å². The molecule has 0 atom stereocenters. The van der Waals surface area contributed by atoms with E-state index in [-0.39, 0.29) is 0 Å². The summed E-state index contributed by atoms with van der Waals surface area (Å²) >= 11 is 11.5. The smallest absolute Gasteiger partial charge is 0.0870 e. The maximum absolute atomic E-state index is 6.41. The molecule has 0 aromatic carbocycles. The predicted molar refractivity (Wildman–Crippen MR) is 87.1 cm³/mol. The van der Waals surface area contributed by atoms with Crippen molar-refractivity contribution < 1.29 is 0 Å². The van der Waals surface area contributed by atoms with Crippen molar-refractivity contribution in [1.82, 2.24) is 14.7 Å². The van der Waals surface area contributed by atoms with Gasteiger partial charge in [-0.2, -0.15) is 5.10 Å². The summed E-state index contributed by atoms with van der Waals surface area (Å²) < 4.78 is 1.99. The van der Waals surface area contributed by atoms with E-state index in [0.29, 0.717) is 17.6 Å². The average Bonchev–Trinajstić information content (AvgIpc) is 3.01. The van der Waals surface area contributed by atoms with Gasteiger partial charge in [0.1, 0.15) is 0 Å². The summed E-state index contributed by atoms with van der Waals surface area (Å²) in [6, 6.07) is 0.563. The van der Waals surface area contributed by atoms with E-state index in [0.717, 1.165) is 29.5 Å². The molecular weight excluding hydrogens is 292 g/mol. The van der Waals surface area contributed by atoms with Crippen LogP contribution in [0, 0.1) is 6.92 Å². The normalized spacial score (nSPS) is 16.2. The van der Waals surface area contributed by atoms with Crippen molar-refractivity contribution in [2.45, 2.75) is 58.7 Å². The van der Waals surface area contributed by atoms with Gasteiger partial charge in [-0.05, 0) is 26.7 Å². The minimum atomic E-state index is 0.548. The molecule has 112 valence electrons. The maximum Gasteiger partial charge on any atom is 0.0870 e. The number of thiocarbonyl (C=S) groups is 1. The minimum absolute atomic E-state index is 0.548. The second-order valence-electron chi connectivity index (χ2n) is 5.47. The Morgan fingerprint density at radius 1 is 1.50 bits per heavy atom. The van der Waals surface area contributed by atoms with E-state index in [9.17, 15) is 0 Å². The number of halogens is 1. The predicted octanol–water partition coefficient (Wildman–Crippen LogP) is 2.90. The van der Waals surface area contributed by atoms with Gasteiger partial charge in [-0.3, -0.25) is 9.58 Å². The number of aryl methyl sites for hydroxylation is 2. The maximum atomic E-state index is 6.41. The Morgan fingerprint density at radius 2 is 2.15 bits per heavy atom. The van der Waals surface area contributed by atoms with Gasteiger partial charge in [-0.25, -0.2) is 0 Å². The van der Waals surface area contributed by atoms with Crippen LogP contribution >= 0.6 is 23.8 Å². The molecule has 0 saturated heterocycles. The first-order valence-electron chi connectivity index (χ1n) is 7.27. The number of nitrogens with two attached hydrogens (primary N) is 1. The van der Waals surface area contributed by atoms with Gasteiger partial charge in [-0.15, -0.1) is 0 Å². The number of nitrogens with zero attached hydrogens (tertiary/aromatic N) is 3. The fourth-order valence-corrected chi connectivity index (χ4v) is 3.36. The molecule has 1 aliphatic carbocycles. The Hall–Kier alpha value is -0.650. The molecule has 4 nitrogen and oxygen atoms in total. The summed E-state index contributed by atoms with van der Waals surface area (Å²) in [4.78, 5) is 2.91. The summed E-state index contributed by atoms with van der Waals surface area (Å²) in [6.07, 6.45) is 5.02. The molecule has 0 spiro atoms. The molecule has 0 radical (unpaired) electrons. The Kier molecular flexibility index (Phi) is 5.41. The Labute approximate surface area is 131 Å². The lowest BCUT2D eigenvalue weighted by atomic mass is 10.2. The van der Waals surface area contributed by atoms with Crippen molar-refractivity contribution in [3.63, 3.8) is 0 Å². The molecule has 0 aliphatic heterocycles. The van der Waals surface area contributed by atoms with Gasteiger partial charge in [-0.1, -0.05) is 36.7 Å². The van der Waals surface area contributed by atoms with E-state index >= 15 is 0 Å². The fraction of sp³-hybridized carbons (Fsp3) is 0.714. The summed E-state index contributed by atoms with van der Waals surface area (Å²) in [5, 5.41) is 5.26. The second-order valence-corrected chi connectivity index (χ2v) is 6.37. The zero-order valence-electron chi connectivity index (χ0n) is 12.2. The van der Waals surface area contributed by atoms with Crippen molar-refractivity contribution in [1.29, 1.82) is 0 Å². The number of aromatic nitrogens is 2. The van der Waals surface area contributed by atoms with Crippen LogP contribution in [0.3, 0.4) is 0 Å². The third-order valence-corrected chi connectivity index (χ3v) is 4.63. The first-order chi connectivity index (χ1) is 9.52. The molecule has 1 aliphatic rings. The Morgan fingerprint density at radius 3 is 2.70 bits per heavy atom. The van der Waals surface area contributed by atoms with Crippen LogP contribution in [0.25, 0.3) is 0 Å². The molecule has 0 bridgehead atoms. The van der Waals surface area contributed by atoms with Gasteiger partial charge in [0.05, 0.1) is 21.4 Å². The first kappa shape index (κ1) is 15.7. The third kappa shape index (κ3) is 3.51. The van der Waals surface area contributed by atoms with Crippen LogP contribution in [0.4, 0.5) is 0 Å². The van der Waals surface area contributed by atoms with Crippen LogP contribution in [0.5, 0.6) is 0 Å². The molecule has 1 saturated carbocycles. The summed E-state index contributed by atoms with van der Waals surface area (Å²) in [5.74, 6) is 0. The summed E-state index contributed by atoms with van der Waals surface area (Å²) in [6.45, 7) is 6.29. The summed E-state index contributed by atoms with van der Waals surface area (Å²) in [5.41, 5.74) is 7.74. The van der Waals surface area contributed by atoms with Gasteiger partial charge in [0.25, 0.3) is 0 Å². The van der Waals surface area contributed by atoms with Crippen LogP contribution in [0.15, 0.2) is 0 Å². The van der Waals surface area contributed by atoms with Gasteiger partial charge in [0, 0.05) is 25.7 Å². The van der Waals surface area contributed by atoms with E-state index in [1.165, 1.54) is 25.7 Å². The molecule has 1 aromatic heterocycles. The average molecular weight is 315 g/mol. The fourth-order valence-electron chi connectivity index (χ4n) is 3.00. The van der Waals surface area contributed by atoms with Crippen molar-refractivity contribution in [2.75, 3.05) is 6.54 Å². The van der Waals surface area contributed by atoms with Crippen molar-refractivity contribution in [3.05, 3.63) is 16.4 Å². The lowest BCUT2D eigenvalue weighted by molar-refractivity contribution is 0.212. The molecule has 1 aromatic rings. The highest BCUT2D eigenvalue weighted by molar-refractivity contribution is 7.80. The van der Waals surface area contributed by atoms with Crippen LogP contribution < -0.4 is 5.73 Å². The molecule has 6 heteroatoms. The topological polar surface area (TPSA) is 47.1 Å². The molecular formula is C14H23ClN4S. The zero-order chi connectivity index (χ0) is 14.7. The quantitative estimate of drug-likeness (QED) is 0.820. The van der Waals surface area contributed by atoms with Gasteiger partial charge in [0.2, 0.25) is 0 Å². The van der Waals surface area contributed by atoms with Crippen LogP contribution in [0.2, 0.25) is 5.02 Å². The highest BCUT2D eigenvalue weighted by Gasteiger charge is 2.25. The molecule has 2 N–H and O–H groups in total. The lowest BCUT2D eigenvalue weighted by Gasteiger charge is -2.28. The van der Waals surface area contributed by atoms with Crippen molar-refractivity contribution in [2.24, 2.45) is 5.73 Å². The van der Waals surface area contributed by atoms with Gasteiger partial charge >= 0.3 is 0 Å². The van der Waals surface area contributed by atoms with E-state index < -0.39 is 0 Å². The molecule has 2 rings (SSSR count). The van der Waals surface area contributed by atoms with Gasteiger partial charge in [0.15, 0.2) is 0 Å². The van der Waals surface area contributed by atoms with E-state index in [1.54, 1.807) is 0 Å². The molecule has 1 fully saturated rings. The van der Waals surface area contributed by atoms with Crippen LogP contribution in [0.1, 0.15) is 44.0 Å². The standard InChI is InChI=1S/C14H23ClN4S/c1-3-19-12(14(15)10(2)17-19)8-18(9-13(16)20)11-6-4-5-7-11/h11H,3-9H2,1-2H3,(H2,16,20). The second kappa shape index (κ2) is 6.87.